The van der Waals surface area contributed by atoms with E-state index in [1.54, 1.807) is 7.11 Å². The van der Waals surface area contributed by atoms with Crippen LogP contribution < -0.4 is 10.0 Å². The van der Waals surface area contributed by atoms with E-state index in [0.29, 0.717) is 0 Å². The Kier molecular flexibility index (Phi) is 3.04. The quantitative estimate of drug-likeness (QED) is 0.489. The van der Waals surface area contributed by atoms with E-state index in [2.05, 4.69) is 0 Å². The molecular weight excluding hydrogens is 163 g/mol. The summed E-state index contributed by atoms with van der Waals surface area (Å²) in [6.07, 6.45) is 0. The molecule has 1 atom stereocenters. The van der Waals surface area contributed by atoms with Crippen LogP contribution in [-0.4, -0.2) is 7.11 Å². The highest BCUT2D eigenvalue weighted by Crippen LogP contribution is 2.11. The van der Waals surface area contributed by atoms with E-state index in [-0.39, 0.29) is 7.78 Å². The maximum Gasteiger partial charge on any atom is 0.119 e. The second-order valence-corrected chi connectivity index (χ2v) is 3.50. The van der Waals surface area contributed by atoms with Gasteiger partial charge in [-0.05, 0) is 24.3 Å². The summed E-state index contributed by atoms with van der Waals surface area (Å²) in [4.78, 5) is 0. The third kappa shape index (κ3) is 1.89. The number of ether oxygens (including phenoxy) is 1. The molecular formula is C7H9OPS. The molecule has 0 saturated carbocycles. The van der Waals surface area contributed by atoms with E-state index < -0.39 is 0 Å². The summed E-state index contributed by atoms with van der Waals surface area (Å²) in [7, 11) is 1.69. The van der Waals surface area contributed by atoms with Crippen LogP contribution in [0.2, 0.25) is 0 Å². The van der Waals surface area contributed by atoms with Gasteiger partial charge in [-0.25, -0.2) is 0 Å². The predicted octanol–water partition coefficient (Wildman–Crippen LogP) is 1.19. The van der Waals surface area contributed by atoms with E-state index >= 15 is 0 Å². The van der Waals surface area contributed by atoms with Gasteiger partial charge in [0.25, 0.3) is 0 Å². The van der Waals surface area contributed by atoms with E-state index in [9.17, 15) is 0 Å². The molecule has 10 heavy (non-hydrogen) atoms. The van der Waals surface area contributed by atoms with Gasteiger partial charge >= 0.3 is 0 Å². The van der Waals surface area contributed by atoms with E-state index in [0.717, 1.165) is 5.75 Å². The number of methoxy groups -OCH3 is 1. The maximum absolute atomic E-state index is 4.99. The van der Waals surface area contributed by atoms with Crippen molar-refractivity contribution in [2.45, 2.75) is 0 Å². The minimum Gasteiger partial charge on any atom is -0.556 e. The number of rotatable bonds is 2. The summed E-state index contributed by atoms with van der Waals surface area (Å²) < 4.78 is 4.99. The maximum atomic E-state index is 4.99. The zero-order valence-electron chi connectivity index (χ0n) is 5.70. The van der Waals surface area contributed by atoms with Gasteiger partial charge in [0.2, 0.25) is 0 Å². The minimum absolute atomic E-state index is 0.0255. The number of benzene rings is 1. The Bertz CT molecular complexity index is 174. The lowest BCUT2D eigenvalue weighted by Gasteiger charge is -1.99. The van der Waals surface area contributed by atoms with Gasteiger partial charge in [-0.2, -0.15) is 0 Å². The van der Waals surface area contributed by atoms with Crippen molar-refractivity contribution in [3.05, 3.63) is 24.3 Å². The van der Waals surface area contributed by atoms with Crippen molar-refractivity contribution >= 4 is 25.3 Å². The Morgan fingerprint density at radius 3 is 2.30 bits per heavy atom. The van der Waals surface area contributed by atoms with Gasteiger partial charge in [-0.15, -0.1) is 7.78 Å². The van der Waals surface area contributed by atoms with Gasteiger partial charge in [-0.1, -0.05) is 0 Å². The molecule has 0 bridgehead atoms. The molecule has 54 valence electrons. The zero-order chi connectivity index (χ0) is 7.40. The van der Waals surface area contributed by atoms with Crippen LogP contribution in [0, 0.1) is 0 Å². The summed E-state index contributed by atoms with van der Waals surface area (Å²) in [6, 6.07) is 7.91. The van der Waals surface area contributed by atoms with Crippen molar-refractivity contribution in [2.24, 2.45) is 0 Å². The third-order valence-electron chi connectivity index (χ3n) is 1.25. The lowest BCUT2D eigenvalue weighted by molar-refractivity contribution is 0.415. The van der Waals surface area contributed by atoms with E-state index in [4.69, 9.17) is 17.0 Å². The fraction of sp³-hybridized carbons (Fsp3) is 0.143. The molecule has 1 unspecified atom stereocenters. The van der Waals surface area contributed by atoms with Crippen molar-refractivity contribution in [3.8, 4) is 5.75 Å². The lowest BCUT2D eigenvalue weighted by Crippen LogP contribution is -1.91. The van der Waals surface area contributed by atoms with Crippen molar-refractivity contribution in [3.63, 3.8) is 0 Å². The first-order chi connectivity index (χ1) is 4.86. The smallest absolute Gasteiger partial charge is 0.119 e. The van der Waals surface area contributed by atoms with Crippen LogP contribution in [0.25, 0.3) is 0 Å². The summed E-state index contributed by atoms with van der Waals surface area (Å²) >= 11 is 4.94. The fourth-order valence-electron chi connectivity index (χ4n) is 0.682. The molecule has 3 heteroatoms. The van der Waals surface area contributed by atoms with Crippen LogP contribution in [0.15, 0.2) is 24.3 Å². The summed E-state index contributed by atoms with van der Waals surface area (Å²) in [5.41, 5.74) is 0. The van der Waals surface area contributed by atoms with Crippen LogP contribution in [0.5, 0.6) is 5.75 Å². The van der Waals surface area contributed by atoms with Crippen LogP contribution in [0.4, 0.5) is 0 Å². The van der Waals surface area contributed by atoms with Crippen LogP contribution in [-0.2, 0) is 12.2 Å². The monoisotopic (exact) mass is 172 g/mol. The highest BCUT2D eigenvalue weighted by molar-refractivity contribution is 8.27. The van der Waals surface area contributed by atoms with E-state index in [1.807, 2.05) is 24.3 Å². The lowest BCUT2D eigenvalue weighted by atomic mass is 10.3. The number of hydrogen-bond donors (Lipinski definition) is 0. The SMILES string of the molecule is COc1ccc([PH2+][S-])cc1. The molecule has 1 nitrogen and oxygen atoms in total. The van der Waals surface area contributed by atoms with Gasteiger partial charge in [-0.3, -0.25) is 0 Å². The van der Waals surface area contributed by atoms with Gasteiger partial charge in [0.15, 0.2) is 0 Å². The molecule has 0 aliphatic rings. The first-order valence-electron chi connectivity index (χ1n) is 2.96. The van der Waals surface area contributed by atoms with Crippen LogP contribution >= 0.6 is 7.78 Å². The largest absolute Gasteiger partial charge is 0.556 e. The Morgan fingerprint density at radius 1 is 1.30 bits per heavy atom. The molecule has 0 fully saturated rings. The molecule has 0 spiro atoms. The van der Waals surface area contributed by atoms with Crippen molar-refractivity contribution in [1.29, 1.82) is 0 Å². The second-order valence-electron chi connectivity index (χ2n) is 1.89. The fourth-order valence-corrected chi connectivity index (χ4v) is 1.50. The summed E-state index contributed by atoms with van der Waals surface area (Å²) in [5.74, 6) is 0.895. The highest BCUT2D eigenvalue weighted by atomic mass is 32.7. The van der Waals surface area contributed by atoms with Crippen LogP contribution in [0.1, 0.15) is 0 Å². The van der Waals surface area contributed by atoms with Gasteiger partial charge in [0, 0.05) is 0 Å². The van der Waals surface area contributed by atoms with Crippen molar-refractivity contribution in [1.82, 2.24) is 0 Å². The number of hydrogen-bond acceptors (Lipinski definition) is 2. The van der Waals surface area contributed by atoms with Gasteiger partial charge < -0.3 is 17.0 Å². The summed E-state index contributed by atoms with van der Waals surface area (Å²) in [6.45, 7) is 0. The third-order valence-corrected chi connectivity index (χ3v) is 2.73. The molecule has 0 heterocycles. The normalized spacial score (nSPS) is 10.6. The molecule has 0 aliphatic carbocycles. The second kappa shape index (κ2) is 3.85. The van der Waals surface area contributed by atoms with Crippen molar-refractivity contribution in [2.75, 3.05) is 7.11 Å². The highest BCUT2D eigenvalue weighted by Gasteiger charge is 1.90. The molecule has 0 amide bonds. The molecule has 0 saturated heterocycles. The van der Waals surface area contributed by atoms with E-state index in [1.165, 1.54) is 5.30 Å². The predicted molar refractivity (Wildman–Crippen MR) is 49.7 cm³/mol. The zero-order valence-corrected chi connectivity index (χ0v) is 7.67. The molecule has 1 rings (SSSR count). The first-order valence-corrected chi connectivity index (χ1v) is 5.42. The minimum atomic E-state index is 0.0255. The standard InChI is InChI=1S/C7H9OPS/c1-8-6-2-4-7(9-10)5-3-6/h2-5H,9H2,1H3. The molecule has 0 N–H and O–H groups in total. The Labute approximate surface area is 67.7 Å². The average molecular weight is 172 g/mol. The Hall–Kier alpha value is -0.200. The molecule has 1 aromatic carbocycles. The van der Waals surface area contributed by atoms with Gasteiger partial charge in [0.1, 0.15) is 5.75 Å². The Morgan fingerprint density at radius 2 is 1.90 bits per heavy atom. The molecule has 0 radical (unpaired) electrons. The average Bonchev–Trinajstić information content (AvgIpc) is 2.05. The van der Waals surface area contributed by atoms with Crippen molar-refractivity contribution < 1.29 is 4.74 Å². The van der Waals surface area contributed by atoms with Gasteiger partial charge in [0.05, 0.1) is 12.4 Å². The topological polar surface area (TPSA) is 9.23 Å². The molecule has 0 aliphatic heterocycles. The summed E-state index contributed by atoms with van der Waals surface area (Å²) in [5, 5.41) is 1.25. The molecule has 1 aromatic rings. The Balaban J connectivity index is 2.80. The molecule has 0 aromatic heterocycles. The first kappa shape index (κ1) is 7.90. The van der Waals surface area contributed by atoms with Crippen LogP contribution in [0.3, 0.4) is 0 Å².